The van der Waals surface area contributed by atoms with E-state index in [-0.39, 0.29) is 5.60 Å². The van der Waals surface area contributed by atoms with Crippen LogP contribution in [0.25, 0.3) is 0 Å². The van der Waals surface area contributed by atoms with E-state index in [4.69, 9.17) is 15.2 Å². The summed E-state index contributed by atoms with van der Waals surface area (Å²) in [4.78, 5) is 4.24. The van der Waals surface area contributed by atoms with E-state index in [1.807, 2.05) is 38.1 Å². The number of guanidine groups is 1. The van der Waals surface area contributed by atoms with Gasteiger partial charge in [-0.05, 0) is 26.0 Å². The van der Waals surface area contributed by atoms with Crippen LogP contribution < -0.4 is 15.8 Å². The first-order chi connectivity index (χ1) is 8.48. The number of nitrogens with two attached hydrogens (primary N) is 1. The smallest absolute Gasteiger partial charge is 0.193 e. The number of nitrogens with zero attached hydrogens (tertiary/aromatic N) is 1. The summed E-state index contributed by atoms with van der Waals surface area (Å²) in [6.07, 6.45) is 0. The van der Waals surface area contributed by atoms with E-state index in [1.54, 1.807) is 14.2 Å². The van der Waals surface area contributed by atoms with Crippen LogP contribution in [-0.2, 0) is 4.74 Å². The van der Waals surface area contributed by atoms with E-state index in [0.717, 1.165) is 11.4 Å². The fourth-order valence-electron chi connectivity index (χ4n) is 1.27. The van der Waals surface area contributed by atoms with Crippen molar-refractivity contribution in [2.45, 2.75) is 19.4 Å². The Bertz CT molecular complexity index is 416. The monoisotopic (exact) mass is 251 g/mol. The predicted molar refractivity (Wildman–Crippen MR) is 74.2 cm³/mol. The molecule has 0 spiro atoms. The standard InChI is InChI=1S/C13H21N3O2/c1-13(2,18-4)9-15-12(14)16-10-7-5-6-8-11(10)17-3/h5-8H,9H2,1-4H3,(H3,14,15,16). The van der Waals surface area contributed by atoms with E-state index in [1.165, 1.54) is 0 Å². The van der Waals surface area contributed by atoms with E-state index in [9.17, 15) is 0 Å². The van der Waals surface area contributed by atoms with Crippen molar-refractivity contribution in [1.82, 2.24) is 0 Å². The van der Waals surface area contributed by atoms with Crippen LogP contribution in [0.3, 0.4) is 0 Å². The Balaban J connectivity index is 2.69. The molecule has 100 valence electrons. The minimum Gasteiger partial charge on any atom is -0.495 e. The summed E-state index contributed by atoms with van der Waals surface area (Å²) < 4.78 is 10.5. The summed E-state index contributed by atoms with van der Waals surface area (Å²) in [5.41, 5.74) is 6.28. The Kier molecular flexibility index (Phi) is 4.97. The van der Waals surface area contributed by atoms with Crippen molar-refractivity contribution in [3.05, 3.63) is 24.3 Å². The Morgan fingerprint density at radius 2 is 2.00 bits per heavy atom. The van der Waals surface area contributed by atoms with Gasteiger partial charge >= 0.3 is 0 Å². The topological polar surface area (TPSA) is 68.9 Å². The molecular weight excluding hydrogens is 230 g/mol. The first-order valence-electron chi connectivity index (χ1n) is 5.73. The largest absolute Gasteiger partial charge is 0.495 e. The second-order valence-electron chi connectivity index (χ2n) is 4.49. The molecule has 0 heterocycles. The maximum absolute atomic E-state index is 5.82. The highest BCUT2D eigenvalue weighted by Crippen LogP contribution is 2.22. The van der Waals surface area contributed by atoms with Crippen LogP contribution >= 0.6 is 0 Å². The van der Waals surface area contributed by atoms with Gasteiger partial charge in [0, 0.05) is 7.11 Å². The summed E-state index contributed by atoms with van der Waals surface area (Å²) in [5.74, 6) is 1.06. The number of anilines is 1. The van der Waals surface area contributed by atoms with Crippen molar-refractivity contribution in [3.8, 4) is 5.75 Å². The Morgan fingerprint density at radius 1 is 1.33 bits per heavy atom. The molecule has 1 aromatic rings. The lowest BCUT2D eigenvalue weighted by atomic mass is 10.1. The molecule has 1 rings (SSSR count). The summed E-state index contributed by atoms with van der Waals surface area (Å²) >= 11 is 0. The minimum absolute atomic E-state index is 0.326. The number of aliphatic imine (C=N–C) groups is 1. The maximum atomic E-state index is 5.82. The predicted octanol–water partition coefficient (Wildman–Crippen LogP) is 1.85. The average molecular weight is 251 g/mol. The number of benzene rings is 1. The van der Waals surface area contributed by atoms with Gasteiger partial charge in [0.2, 0.25) is 0 Å². The first kappa shape index (κ1) is 14.3. The Hall–Kier alpha value is -1.75. The molecular formula is C13H21N3O2. The van der Waals surface area contributed by atoms with Crippen molar-refractivity contribution in [2.24, 2.45) is 10.7 Å². The minimum atomic E-state index is -0.326. The zero-order valence-corrected chi connectivity index (χ0v) is 11.4. The fraction of sp³-hybridized carbons (Fsp3) is 0.462. The highest BCUT2D eigenvalue weighted by atomic mass is 16.5. The lowest BCUT2D eigenvalue weighted by molar-refractivity contribution is 0.0312. The summed E-state index contributed by atoms with van der Waals surface area (Å²) in [6, 6.07) is 7.53. The summed E-state index contributed by atoms with van der Waals surface area (Å²) in [7, 11) is 3.27. The van der Waals surface area contributed by atoms with E-state index in [0.29, 0.717) is 12.5 Å². The molecule has 1 aromatic carbocycles. The first-order valence-corrected chi connectivity index (χ1v) is 5.73. The number of methoxy groups -OCH3 is 2. The molecule has 0 bridgehead atoms. The van der Waals surface area contributed by atoms with Crippen LogP contribution in [0.1, 0.15) is 13.8 Å². The van der Waals surface area contributed by atoms with Gasteiger partial charge in [-0.1, -0.05) is 12.1 Å². The van der Waals surface area contributed by atoms with Crippen LogP contribution in [0.5, 0.6) is 5.75 Å². The zero-order chi connectivity index (χ0) is 13.6. The van der Waals surface area contributed by atoms with Crippen LogP contribution in [0.4, 0.5) is 5.69 Å². The molecule has 0 saturated heterocycles. The molecule has 0 aliphatic heterocycles. The number of hydrogen-bond donors (Lipinski definition) is 2. The number of rotatable bonds is 5. The number of para-hydroxylation sites is 2. The number of hydrogen-bond acceptors (Lipinski definition) is 3. The van der Waals surface area contributed by atoms with E-state index in [2.05, 4.69) is 10.3 Å². The molecule has 0 amide bonds. The highest BCUT2D eigenvalue weighted by molar-refractivity contribution is 5.93. The van der Waals surface area contributed by atoms with Crippen LogP contribution in [0.2, 0.25) is 0 Å². The van der Waals surface area contributed by atoms with Gasteiger partial charge in [-0.15, -0.1) is 0 Å². The van der Waals surface area contributed by atoms with Gasteiger partial charge in [-0.2, -0.15) is 0 Å². The third kappa shape index (κ3) is 4.25. The molecule has 0 atom stereocenters. The molecule has 3 N–H and O–H groups in total. The third-order valence-electron chi connectivity index (χ3n) is 2.55. The summed E-state index contributed by atoms with van der Waals surface area (Å²) in [6.45, 7) is 4.39. The normalized spacial score (nSPS) is 12.3. The van der Waals surface area contributed by atoms with E-state index < -0.39 is 0 Å². The quantitative estimate of drug-likeness (QED) is 0.619. The number of nitrogens with one attached hydrogen (secondary N) is 1. The Labute approximate surface area is 108 Å². The van der Waals surface area contributed by atoms with Gasteiger partial charge in [-0.3, -0.25) is 4.99 Å². The van der Waals surface area contributed by atoms with Gasteiger partial charge in [0.25, 0.3) is 0 Å². The molecule has 0 aliphatic carbocycles. The molecule has 5 nitrogen and oxygen atoms in total. The average Bonchev–Trinajstić information content (AvgIpc) is 2.37. The molecule has 18 heavy (non-hydrogen) atoms. The second kappa shape index (κ2) is 6.26. The third-order valence-corrected chi connectivity index (χ3v) is 2.55. The van der Waals surface area contributed by atoms with Crippen molar-refractivity contribution in [3.63, 3.8) is 0 Å². The van der Waals surface area contributed by atoms with Gasteiger partial charge in [-0.25, -0.2) is 0 Å². The lowest BCUT2D eigenvalue weighted by Crippen LogP contribution is -2.30. The molecule has 0 fully saturated rings. The maximum Gasteiger partial charge on any atom is 0.193 e. The lowest BCUT2D eigenvalue weighted by Gasteiger charge is -2.20. The van der Waals surface area contributed by atoms with Gasteiger partial charge in [0.05, 0.1) is 24.9 Å². The van der Waals surface area contributed by atoms with Gasteiger partial charge in [0.1, 0.15) is 5.75 Å². The van der Waals surface area contributed by atoms with Crippen molar-refractivity contribution in [2.75, 3.05) is 26.1 Å². The van der Waals surface area contributed by atoms with Gasteiger partial charge in [0.15, 0.2) is 5.96 Å². The SMILES string of the molecule is COc1ccccc1NC(N)=NCC(C)(C)OC. The van der Waals surface area contributed by atoms with E-state index >= 15 is 0 Å². The molecule has 5 heteroatoms. The molecule has 0 saturated carbocycles. The van der Waals surface area contributed by atoms with Crippen molar-refractivity contribution in [1.29, 1.82) is 0 Å². The van der Waals surface area contributed by atoms with Crippen molar-refractivity contribution < 1.29 is 9.47 Å². The van der Waals surface area contributed by atoms with Crippen LogP contribution in [0, 0.1) is 0 Å². The van der Waals surface area contributed by atoms with Crippen LogP contribution in [0.15, 0.2) is 29.3 Å². The molecule has 0 aromatic heterocycles. The molecule has 0 aliphatic rings. The van der Waals surface area contributed by atoms with Gasteiger partial charge < -0.3 is 20.5 Å². The highest BCUT2D eigenvalue weighted by Gasteiger charge is 2.15. The zero-order valence-electron chi connectivity index (χ0n) is 11.4. The fourth-order valence-corrected chi connectivity index (χ4v) is 1.27. The van der Waals surface area contributed by atoms with Crippen molar-refractivity contribution >= 4 is 11.6 Å². The Morgan fingerprint density at radius 3 is 2.61 bits per heavy atom. The number of ether oxygens (including phenoxy) is 2. The van der Waals surface area contributed by atoms with Crippen LogP contribution in [-0.4, -0.2) is 32.3 Å². The molecule has 0 radical (unpaired) electrons. The second-order valence-corrected chi connectivity index (χ2v) is 4.49. The molecule has 0 unspecified atom stereocenters. The summed E-state index contributed by atoms with van der Waals surface area (Å²) in [5, 5.41) is 3.01.